The minimum atomic E-state index is -0.459. The van der Waals surface area contributed by atoms with Gasteiger partial charge in [0.1, 0.15) is 5.82 Å². The number of aryl methyl sites for hydroxylation is 1. The summed E-state index contributed by atoms with van der Waals surface area (Å²) in [4.78, 5) is 23.8. The Balaban J connectivity index is 1.40. The van der Waals surface area contributed by atoms with Crippen LogP contribution in [0.25, 0.3) is 11.1 Å². The SMILES string of the molecule is O=C(CCn1c(=O)oc2ccccc21)NCCSCc1ccccc1F. The van der Waals surface area contributed by atoms with E-state index in [1.54, 1.807) is 42.1 Å². The van der Waals surface area contributed by atoms with Crippen molar-refractivity contribution in [1.82, 2.24) is 9.88 Å². The Hall–Kier alpha value is -2.54. The molecule has 2 aromatic carbocycles. The highest BCUT2D eigenvalue weighted by molar-refractivity contribution is 7.98. The zero-order chi connectivity index (χ0) is 18.4. The van der Waals surface area contributed by atoms with Gasteiger partial charge >= 0.3 is 5.76 Å². The van der Waals surface area contributed by atoms with Crippen LogP contribution in [-0.4, -0.2) is 22.8 Å². The number of fused-ring (bicyclic) bond motifs is 1. The summed E-state index contributed by atoms with van der Waals surface area (Å²) in [6, 6.07) is 13.8. The van der Waals surface area contributed by atoms with E-state index >= 15 is 0 Å². The van der Waals surface area contributed by atoms with Crippen molar-refractivity contribution < 1.29 is 13.6 Å². The van der Waals surface area contributed by atoms with Crippen molar-refractivity contribution in [2.75, 3.05) is 12.3 Å². The smallest absolute Gasteiger partial charge is 0.408 e. The van der Waals surface area contributed by atoms with Crippen molar-refractivity contribution in [2.45, 2.75) is 18.7 Å². The molecule has 1 heterocycles. The summed E-state index contributed by atoms with van der Waals surface area (Å²) in [5.74, 6) is 0.461. The lowest BCUT2D eigenvalue weighted by Crippen LogP contribution is -2.28. The first-order valence-electron chi connectivity index (χ1n) is 8.31. The topological polar surface area (TPSA) is 64.2 Å². The van der Waals surface area contributed by atoms with Crippen LogP contribution in [0.4, 0.5) is 4.39 Å². The Bertz CT molecular complexity index is 951. The molecule has 0 aliphatic heterocycles. The van der Waals surface area contributed by atoms with Gasteiger partial charge in [0.05, 0.1) is 5.52 Å². The van der Waals surface area contributed by atoms with Gasteiger partial charge in [0, 0.05) is 31.0 Å². The number of aromatic nitrogens is 1. The summed E-state index contributed by atoms with van der Waals surface area (Å²) in [5.41, 5.74) is 1.86. The Kier molecular flexibility index (Phi) is 6.12. The van der Waals surface area contributed by atoms with Gasteiger partial charge in [-0.3, -0.25) is 9.36 Å². The highest BCUT2D eigenvalue weighted by atomic mass is 32.2. The number of oxazole rings is 1. The molecule has 0 unspecified atom stereocenters. The van der Waals surface area contributed by atoms with Crippen LogP contribution in [0.1, 0.15) is 12.0 Å². The van der Waals surface area contributed by atoms with E-state index in [0.29, 0.717) is 34.7 Å². The molecule has 7 heteroatoms. The molecule has 5 nitrogen and oxygen atoms in total. The number of nitrogens with one attached hydrogen (secondary N) is 1. The lowest BCUT2D eigenvalue weighted by Gasteiger charge is -2.06. The molecule has 0 aliphatic rings. The third kappa shape index (κ3) is 4.54. The summed E-state index contributed by atoms with van der Waals surface area (Å²) >= 11 is 1.56. The molecule has 0 saturated heterocycles. The highest BCUT2D eigenvalue weighted by Crippen LogP contribution is 2.15. The maximum absolute atomic E-state index is 13.5. The first-order valence-corrected chi connectivity index (χ1v) is 9.47. The van der Waals surface area contributed by atoms with Crippen molar-refractivity contribution in [3.63, 3.8) is 0 Å². The lowest BCUT2D eigenvalue weighted by molar-refractivity contribution is -0.121. The van der Waals surface area contributed by atoms with Crippen molar-refractivity contribution >= 4 is 28.8 Å². The second kappa shape index (κ2) is 8.71. The third-order valence-electron chi connectivity index (χ3n) is 3.92. The normalized spacial score (nSPS) is 11.0. The van der Waals surface area contributed by atoms with E-state index < -0.39 is 5.76 Å². The van der Waals surface area contributed by atoms with Crippen LogP contribution < -0.4 is 11.1 Å². The first kappa shape index (κ1) is 18.3. The van der Waals surface area contributed by atoms with Crippen molar-refractivity contribution in [3.8, 4) is 0 Å². The number of hydrogen-bond donors (Lipinski definition) is 1. The van der Waals surface area contributed by atoms with Gasteiger partial charge in [0.2, 0.25) is 5.91 Å². The number of halogens is 1. The summed E-state index contributed by atoms with van der Waals surface area (Å²) in [6.07, 6.45) is 0.196. The molecule has 0 spiro atoms. The fourth-order valence-corrected chi connectivity index (χ4v) is 3.43. The van der Waals surface area contributed by atoms with E-state index in [0.717, 1.165) is 0 Å². The largest absolute Gasteiger partial charge is 0.419 e. The second-order valence-electron chi connectivity index (χ2n) is 5.73. The Morgan fingerprint density at radius 3 is 2.77 bits per heavy atom. The molecule has 26 heavy (non-hydrogen) atoms. The monoisotopic (exact) mass is 374 g/mol. The standard InChI is InChI=1S/C19H19FN2O3S/c20-15-6-2-1-5-14(15)13-26-12-10-21-18(23)9-11-22-16-7-3-4-8-17(16)25-19(22)24/h1-8H,9-13H2,(H,21,23). The molecule has 3 rings (SSSR count). The van der Waals surface area contributed by atoms with Crippen molar-refractivity contribution in [3.05, 3.63) is 70.5 Å². The van der Waals surface area contributed by atoms with Crippen LogP contribution in [-0.2, 0) is 17.1 Å². The molecule has 0 saturated carbocycles. The van der Waals surface area contributed by atoms with Gasteiger partial charge < -0.3 is 9.73 Å². The molecule has 136 valence electrons. The van der Waals surface area contributed by atoms with Crippen LogP contribution in [0.15, 0.2) is 57.7 Å². The third-order valence-corrected chi connectivity index (χ3v) is 4.93. The van der Waals surface area contributed by atoms with Gasteiger partial charge in [-0.05, 0) is 23.8 Å². The molecule has 0 aliphatic carbocycles. The summed E-state index contributed by atoms with van der Waals surface area (Å²) < 4.78 is 20.1. The summed E-state index contributed by atoms with van der Waals surface area (Å²) in [6.45, 7) is 0.767. The summed E-state index contributed by atoms with van der Waals surface area (Å²) in [5, 5.41) is 2.81. The highest BCUT2D eigenvalue weighted by Gasteiger charge is 2.10. The number of rotatable bonds is 8. The number of hydrogen-bond acceptors (Lipinski definition) is 4. The number of amides is 1. The predicted octanol–water partition coefficient (Wildman–Crippen LogP) is 3.17. The number of para-hydroxylation sites is 2. The molecule has 0 bridgehead atoms. The van der Waals surface area contributed by atoms with Gasteiger partial charge in [0.25, 0.3) is 0 Å². The first-order chi connectivity index (χ1) is 12.6. The number of carbonyl (C=O) groups is 1. The molecular formula is C19H19FN2O3S. The molecule has 3 aromatic rings. The van der Waals surface area contributed by atoms with Crippen molar-refractivity contribution in [2.24, 2.45) is 0 Å². The molecule has 1 N–H and O–H groups in total. The van der Waals surface area contributed by atoms with Gasteiger partial charge in [0.15, 0.2) is 5.58 Å². The fraction of sp³-hybridized carbons (Fsp3) is 0.263. The Morgan fingerprint density at radius 1 is 1.15 bits per heavy atom. The van der Waals surface area contributed by atoms with Crippen LogP contribution in [0, 0.1) is 5.82 Å². The van der Waals surface area contributed by atoms with Gasteiger partial charge in [-0.2, -0.15) is 11.8 Å². The van der Waals surface area contributed by atoms with Crippen LogP contribution in [0.5, 0.6) is 0 Å². The van der Waals surface area contributed by atoms with Crippen LogP contribution >= 0.6 is 11.8 Å². The van der Waals surface area contributed by atoms with E-state index in [4.69, 9.17) is 4.42 Å². The van der Waals surface area contributed by atoms with E-state index in [2.05, 4.69) is 5.32 Å². The molecule has 1 aromatic heterocycles. The second-order valence-corrected chi connectivity index (χ2v) is 6.84. The minimum absolute atomic E-state index is 0.131. The Labute approximate surface area is 154 Å². The van der Waals surface area contributed by atoms with Gasteiger partial charge in [-0.15, -0.1) is 0 Å². The van der Waals surface area contributed by atoms with Crippen molar-refractivity contribution in [1.29, 1.82) is 0 Å². The quantitative estimate of drug-likeness (QED) is 0.615. The average Bonchev–Trinajstić information content (AvgIpc) is 2.96. The van der Waals surface area contributed by atoms with E-state index in [1.807, 2.05) is 12.1 Å². The van der Waals surface area contributed by atoms with E-state index in [9.17, 15) is 14.0 Å². The zero-order valence-corrected chi connectivity index (χ0v) is 14.9. The maximum Gasteiger partial charge on any atom is 0.419 e. The predicted molar refractivity (Wildman–Crippen MR) is 101 cm³/mol. The fourth-order valence-electron chi connectivity index (χ4n) is 2.59. The molecule has 0 atom stereocenters. The number of carbonyl (C=O) groups excluding carboxylic acids is 1. The van der Waals surface area contributed by atoms with E-state index in [1.165, 1.54) is 10.6 Å². The summed E-state index contributed by atoms with van der Waals surface area (Å²) in [7, 11) is 0. The number of thioether (sulfide) groups is 1. The van der Waals surface area contributed by atoms with E-state index in [-0.39, 0.29) is 24.7 Å². The number of nitrogens with zero attached hydrogens (tertiary/aromatic N) is 1. The molecule has 1 amide bonds. The average molecular weight is 374 g/mol. The van der Waals surface area contributed by atoms with Crippen LogP contribution in [0.2, 0.25) is 0 Å². The van der Waals surface area contributed by atoms with Gasteiger partial charge in [-0.1, -0.05) is 30.3 Å². The molecule has 0 radical (unpaired) electrons. The molecular weight excluding hydrogens is 355 g/mol. The lowest BCUT2D eigenvalue weighted by atomic mass is 10.2. The maximum atomic E-state index is 13.5. The Morgan fingerprint density at radius 2 is 1.92 bits per heavy atom. The van der Waals surface area contributed by atoms with Gasteiger partial charge in [-0.25, -0.2) is 9.18 Å². The number of benzene rings is 2. The van der Waals surface area contributed by atoms with Crippen LogP contribution in [0.3, 0.4) is 0 Å². The minimum Gasteiger partial charge on any atom is -0.408 e. The molecule has 0 fully saturated rings. The zero-order valence-electron chi connectivity index (χ0n) is 14.1.